The first-order valence-electron chi connectivity index (χ1n) is 9.77. The third-order valence-corrected chi connectivity index (χ3v) is 4.18. The van der Waals surface area contributed by atoms with E-state index in [1.165, 1.54) is 5.56 Å². The van der Waals surface area contributed by atoms with Crippen LogP contribution in [0.15, 0.2) is 29.5 Å². The molecule has 0 amide bonds. The Morgan fingerprint density at radius 3 is 2.61 bits per heavy atom. The Bertz CT molecular complexity index is 705. The van der Waals surface area contributed by atoms with E-state index in [1.807, 2.05) is 12.3 Å². The molecule has 0 fully saturated rings. The van der Waals surface area contributed by atoms with Crippen molar-refractivity contribution in [3.63, 3.8) is 0 Å². The number of hydrogen-bond acceptors (Lipinski definition) is 4. The number of rotatable bonds is 12. The van der Waals surface area contributed by atoms with Gasteiger partial charge < -0.3 is 24.5 Å². The highest BCUT2D eigenvalue weighted by molar-refractivity contribution is 14.0. The fourth-order valence-corrected chi connectivity index (χ4v) is 2.66. The molecule has 2 heterocycles. The van der Waals surface area contributed by atoms with Crippen molar-refractivity contribution < 1.29 is 9.47 Å². The Morgan fingerprint density at radius 1 is 1.14 bits per heavy atom. The molecule has 0 saturated carbocycles. The highest BCUT2D eigenvalue weighted by Crippen LogP contribution is 2.09. The molecule has 28 heavy (non-hydrogen) atoms. The van der Waals surface area contributed by atoms with Gasteiger partial charge in [0, 0.05) is 45.6 Å². The van der Waals surface area contributed by atoms with Gasteiger partial charge in [0.1, 0.15) is 5.65 Å². The molecule has 0 bridgehead atoms. The van der Waals surface area contributed by atoms with Crippen LogP contribution in [0, 0.1) is 6.92 Å². The van der Waals surface area contributed by atoms with Crippen LogP contribution in [0.25, 0.3) is 5.65 Å². The SMILES string of the molecule is CCCCOCCOCCNC(=NC)NCCc1cn2cccc(C)c2n1.I. The van der Waals surface area contributed by atoms with Crippen molar-refractivity contribution in [3.8, 4) is 0 Å². The predicted molar refractivity (Wildman–Crippen MR) is 125 cm³/mol. The monoisotopic (exact) mass is 503 g/mol. The Kier molecular flexibility index (Phi) is 12.8. The standard InChI is InChI=1S/C20H33N5O2.HI/c1-4-5-12-26-14-15-27-13-10-23-20(21-3)22-9-8-18-16-25-11-6-7-17(2)19(25)24-18;/h6-7,11,16H,4-5,8-10,12-15H2,1-3H3,(H2,21,22,23);1H. The van der Waals surface area contributed by atoms with Crippen molar-refractivity contribution in [2.75, 3.05) is 46.6 Å². The highest BCUT2D eigenvalue weighted by Gasteiger charge is 2.04. The van der Waals surface area contributed by atoms with Gasteiger partial charge in [0.05, 0.1) is 25.5 Å². The number of aliphatic imine (C=N–C) groups is 1. The summed E-state index contributed by atoms with van der Waals surface area (Å²) in [5, 5.41) is 6.56. The van der Waals surface area contributed by atoms with Crippen molar-refractivity contribution in [3.05, 3.63) is 35.8 Å². The predicted octanol–water partition coefficient (Wildman–Crippen LogP) is 2.80. The van der Waals surface area contributed by atoms with E-state index in [4.69, 9.17) is 9.47 Å². The van der Waals surface area contributed by atoms with Gasteiger partial charge >= 0.3 is 0 Å². The average Bonchev–Trinajstić information content (AvgIpc) is 3.09. The second-order valence-corrected chi connectivity index (χ2v) is 6.41. The van der Waals surface area contributed by atoms with Crippen LogP contribution in [-0.2, 0) is 15.9 Å². The van der Waals surface area contributed by atoms with Crippen LogP contribution in [0.1, 0.15) is 31.0 Å². The van der Waals surface area contributed by atoms with Crippen LogP contribution in [-0.4, -0.2) is 61.9 Å². The van der Waals surface area contributed by atoms with E-state index in [0.29, 0.717) is 26.4 Å². The maximum atomic E-state index is 5.54. The minimum Gasteiger partial charge on any atom is -0.379 e. The van der Waals surface area contributed by atoms with Gasteiger partial charge in [-0.25, -0.2) is 4.98 Å². The van der Waals surface area contributed by atoms with Crippen molar-refractivity contribution in [2.45, 2.75) is 33.1 Å². The fourth-order valence-electron chi connectivity index (χ4n) is 2.66. The number of fused-ring (bicyclic) bond motifs is 1. The van der Waals surface area contributed by atoms with E-state index < -0.39 is 0 Å². The lowest BCUT2D eigenvalue weighted by Crippen LogP contribution is -2.39. The minimum absolute atomic E-state index is 0. The zero-order valence-corrected chi connectivity index (χ0v) is 19.6. The van der Waals surface area contributed by atoms with Crippen LogP contribution < -0.4 is 10.6 Å². The van der Waals surface area contributed by atoms with E-state index in [9.17, 15) is 0 Å². The van der Waals surface area contributed by atoms with Gasteiger partial charge in [-0.15, -0.1) is 24.0 Å². The normalized spacial score (nSPS) is 11.5. The lowest BCUT2D eigenvalue weighted by molar-refractivity contribution is 0.0487. The number of guanidine groups is 1. The summed E-state index contributed by atoms with van der Waals surface area (Å²) in [6, 6.07) is 4.12. The Balaban J connectivity index is 0.00000392. The van der Waals surface area contributed by atoms with Gasteiger partial charge in [-0.1, -0.05) is 19.4 Å². The number of halogens is 1. The largest absolute Gasteiger partial charge is 0.379 e. The second-order valence-electron chi connectivity index (χ2n) is 6.41. The van der Waals surface area contributed by atoms with Gasteiger partial charge in [-0.2, -0.15) is 0 Å². The van der Waals surface area contributed by atoms with Gasteiger partial charge in [0.15, 0.2) is 5.96 Å². The molecule has 0 aliphatic rings. The number of pyridine rings is 1. The summed E-state index contributed by atoms with van der Waals surface area (Å²) in [5.41, 5.74) is 3.27. The summed E-state index contributed by atoms with van der Waals surface area (Å²) < 4.78 is 13.1. The molecule has 0 saturated heterocycles. The van der Waals surface area contributed by atoms with Crippen molar-refractivity contribution in [1.82, 2.24) is 20.0 Å². The number of aromatic nitrogens is 2. The van der Waals surface area contributed by atoms with E-state index >= 15 is 0 Å². The maximum absolute atomic E-state index is 5.54. The third-order valence-electron chi connectivity index (χ3n) is 4.18. The molecular weight excluding hydrogens is 469 g/mol. The number of aryl methyl sites for hydroxylation is 1. The van der Waals surface area contributed by atoms with Crippen molar-refractivity contribution in [1.29, 1.82) is 0 Å². The molecule has 8 heteroatoms. The quantitative estimate of drug-likeness (QED) is 0.202. The number of ether oxygens (including phenoxy) is 2. The molecule has 0 spiro atoms. The second kappa shape index (κ2) is 14.6. The molecule has 2 aromatic heterocycles. The van der Waals surface area contributed by atoms with Gasteiger partial charge in [-0.05, 0) is 25.0 Å². The zero-order valence-electron chi connectivity index (χ0n) is 17.2. The summed E-state index contributed by atoms with van der Waals surface area (Å²) in [4.78, 5) is 8.92. The first-order chi connectivity index (χ1) is 13.2. The third kappa shape index (κ3) is 8.74. The first-order valence-corrected chi connectivity index (χ1v) is 9.77. The van der Waals surface area contributed by atoms with Gasteiger partial charge in [-0.3, -0.25) is 4.99 Å². The number of hydrogen-bond donors (Lipinski definition) is 2. The van der Waals surface area contributed by atoms with Crippen LogP contribution in [0.3, 0.4) is 0 Å². The number of nitrogens with one attached hydrogen (secondary N) is 2. The number of imidazole rings is 1. The van der Waals surface area contributed by atoms with Crippen LogP contribution in [0.5, 0.6) is 0 Å². The molecule has 7 nitrogen and oxygen atoms in total. The molecule has 0 aromatic carbocycles. The first kappa shape index (κ1) is 24.6. The molecule has 2 rings (SSSR count). The molecule has 0 atom stereocenters. The molecule has 0 aliphatic heterocycles. The van der Waals surface area contributed by atoms with E-state index in [0.717, 1.165) is 49.7 Å². The van der Waals surface area contributed by atoms with E-state index in [-0.39, 0.29) is 24.0 Å². The number of nitrogens with zero attached hydrogens (tertiary/aromatic N) is 3. The van der Waals surface area contributed by atoms with E-state index in [2.05, 4.69) is 51.1 Å². The molecule has 0 radical (unpaired) electrons. The van der Waals surface area contributed by atoms with Crippen LogP contribution >= 0.6 is 24.0 Å². The molecule has 158 valence electrons. The summed E-state index contributed by atoms with van der Waals surface area (Å²) in [5.74, 6) is 0.776. The highest BCUT2D eigenvalue weighted by atomic mass is 127. The summed E-state index contributed by atoms with van der Waals surface area (Å²) >= 11 is 0. The Hall–Kier alpha value is -1.39. The van der Waals surface area contributed by atoms with Gasteiger partial charge in [0.25, 0.3) is 0 Å². The van der Waals surface area contributed by atoms with Crippen LogP contribution in [0.4, 0.5) is 0 Å². The Morgan fingerprint density at radius 2 is 1.89 bits per heavy atom. The molecule has 0 unspecified atom stereocenters. The van der Waals surface area contributed by atoms with Crippen LogP contribution in [0.2, 0.25) is 0 Å². The zero-order chi connectivity index (χ0) is 19.3. The maximum Gasteiger partial charge on any atom is 0.191 e. The summed E-state index contributed by atoms with van der Waals surface area (Å²) in [6.07, 6.45) is 7.22. The van der Waals surface area contributed by atoms with Crippen molar-refractivity contribution in [2.24, 2.45) is 4.99 Å². The molecule has 0 aliphatic carbocycles. The molecule has 2 aromatic rings. The average molecular weight is 503 g/mol. The smallest absolute Gasteiger partial charge is 0.191 e. The number of unbranched alkanes of at least 4 members (excludes halogenated alkanes) is 1. The Labute approximate surface area is 185 Å². The lowest BCUT2D eigenvalue weighted by Gasteiger charge is -2.11. The summed E-state index contributed by atoms with van der Waals surface area (Å²) in [6.45, 7) is 8.46. The molecular formula is C20H34IN5O2. The topological polar surface area (TPSA) is 72.2 Å². The van der Waals surface area contributed by atoms with Gasteiger partial charge in [0.2, 0.25) is 0 Å². The lowest BCUT2D eigenvalue weighted by atomic mass is 10.3. The summed E-state index contributed by atoms with van der Waals surface area (Å²) in [7, 11) is 1.77. The molecule has 2 N–H and O–H groups in total. The van der Waals surface area contributed by atoms with E-state index in [1.54, 1.807) is 7.05 Å². The van der Waals surface area contributed by atoms with Crippen molar-refractivity contribution >= 4 is 35.6 Å². The fraction of sp³-hybridized carbons (Fsp3) is 0.600. The minimum atomic E-state index is 0.